The van der Waals surface area contributed by atoms with Crippen molar-refractivity contribution >= 4 is 0 Å². The van der Waals surface area contributed by atoms with Crippen molar-refractivity contribution in [1.82, 2.24) is 5.32 Å². The molecule has 0 bridgehead atoms. The van der Waals surface area contributed by atoms with Crippen LogP contribution in [0.25, 0.3) is 0 Å². The molecule has 0 aromatic heterocycles. The summed E-state index contributed by atoms with van der Waals surface area (Å²) in [6.45, 7) is -0.998. The van der Waals surface area contributed by atoms with Gasteiger partial charge in [0.25, 0.3) is 0 Å². The SMILES string of the molecule is N[C@@H](Cc1ccccc1)[C@H](O)CNC(c1ccccc1)(C(F)(F)F)C(F)(F)F. The molecule has 9 heteroatoms. The second kappa shape index (κ2) is 8.50. The monoisotopic (exact) mass is 406 g/mol. The number of aliphatic hydroxyl groups excluding tert-OH is 1. The van der Waals surface area contributed by atoms with Crippen molar-refractivity contribution in [3.05, 3.63) is 71.8 Å². The number of hydrogen-bond acceptors (Lipinski definition) is 3. The molecular weight excluding hydrogens is 386 g/mol. The predicted octanol–water partition coefficient (Wildman–Crippen LogP) is 3.53. The Hall–Kier alpha value is -2.10. The molecule has 0 aliphatic carbocycles. The van der Waals surface area contributed by atoms with Crippen molar-refractivity contribution in [2.75, 3.05) is 6.54 Å². The summed E-state index contributed by atoms with van der Waals surface area (Å²) >= 11 is 0. The lowest BCUT2D eigenvalue weighted by Gasteiger charge is -2.39. The molecule has 2 rings (SSSR count). The number of nitrogens with one attached hydrogen (secondary N) is 1. The van der Waals surface area contributed by atoms with E-state index in [4.69, 9.17) is 5.73 Å². The predicted molar refractivity (Wildman–Crippen MR) is 92.4 cm³/mol. The molecule has 2 atom stereocenters. The van der Waals surface area contributed by atoms with Gasteiger partial charge in [-0.2, -0.15) is 26.3 Å². The van der Waals surface area contributed by atoms with E-state index in [-0.39, 0.29) is 6.42 Å². The van der Waals surface area contributed by atoms with Gasteiger partial charge in [-0.1, -0.05) is 60.7 Å². The fraction of sp³-hybridized carbons (Fsp3) is 0.368. The molecule has 2 aromatic carbocycles. The molecule has 0 aliphatic heterocycles. The summed E-state index contributed by atoms with van der Waals surface area (Å²) in [6, 6.07) is 12.5. The second-order valence-corrected chi connectivity index (χ2v) is 6.41. The summed E-state index contributed by atoms with van der Waals surface area (Å²) in [5.41, 5.74) is 1.15. The largest absolute Gasteiger partial charge is 0.419 e. The Bertz CT molecular complexity index is 720. The van der Waals surface area contributed by atoms with E-state index in [1.807, 2.05) is 0 Å². The van der Waals surface area contributed by atoms with E-state index in [0.717, 1.165) is 24.3 Å². The van der Waals surface area contributed by atoms with Gasteiger partial charge < -0.3 is 10.8 Å². The van der Waals surface area contributed by atoms with Crippen LogP contribution in [0.5, 0.6) is 0 Å². The molecule has 0 saturated carbocycles. The summed E-state index contributed by atoms with van der Waals surface area (Å²) in [6.07, 6.45) is -12.9. The lowest BCUT2D eigenvalue weighted by molar-refractivity contribution is -0.314. The summed E-state index contributed by atoms with van der Waals surface area (Å²) in [7, 11) is 0. The molecule has 0 heterocycles. The van der Waals surface area contributed by atoms with Crippen LogP contribution in [0.4, 0.5) is 26.3 Å². The van der Waals surface area contributed by atoms with Crippen molar-refractivity contribution in [1.29, 1.82) is 0 Å². The van der Waals surface area contributed by atoms with E-state index in [2.05, 4.69) is 0 Å². The highest BCUT2D eigenvalue weighted by atomic mass is 19.4. The van der Waals surface area contributed by atoms with Crippen molar-refractivity contribution in [3.63, 3.8) is 0 Å². The standard InChI is InChI=1S/C19H20F6N2O/c20-18(21,22)17(19(23,24)25,14-9-5-2-6-10-14)27-12-16(28)15(26)11-13-7-3-1-4-8-13/h1-10,15-16,27-28H,11-12,26H2/t15-,16+/m0/s1. The number of hydrogen-bond donors (Lipinski definition) is 3. The van der Waals surface area contributed by atoms with Crippen LogP contribution in [0.15, 0.2) is 60.7 Å². The van der Waals surface area contributed by atoms with Gasteiger partial charge in [-0.25, -0.2) is 0 Å². The van der Waals surface area contributed by atoms with Gasteiger partial charge in [0.05, 0.1) is 6.10 Å². The lowest BCUT2D eigenvalue weighted by atomic mass is 9.87. The van der Waals surface area contributed by atoms with E-state index < -0.39 is 42.1 Å². The quantitative estimate of drug-likeness (QED) is 0.617. The molecule has 0 unspecified atom stereocenters. The van der Waals surface area contributed by atoms with Gasteiger partial charge in [0.2, 0.25) is 5.54 Å². The third-order valence-corrected chi connectivity index (χ3v) is 4.44. The number of nitrogens with two attached hydrogens (primary N) is 1. The smallest absolute Gasteiger partial charge is 0.390 e. The minimum Gasteiger partial charge on any atom is -0.390 e. The van der Waals surface area contributed by atoms with Gasteiger partial charge in [0.1, 0.15) is 0 Å². The number of alkyl halides is 6. The van der Waals surface area contributed by atoms with Crippen molar-refractivity contribution in [3.8, 4) is 0 Å². The van der Waals surface area contributed by atoms with Crippen molar-refractivity contribution in [2.24, 2.45) is 5.73 Å². The zero-order chi connectivity index (χ0) is 21.0. The average Bonchev–Trinajstić information content (AvgIpc) is 2.61. The Morgan fingerprint density at radius 1 is 0.821 bits per heavy atom. The maximum absolute atomic E-state index is 13.7. The number of aliphatic hydroxyl groups is 1. The highest BCUT2D eigenvalue weighted by molar-refractivity contribution is 5.29. The summed E-state index contributed by atoms with van der Waals surface area (Å²) in [5, 5.41) is 11.6. The molecule has 0 spiro atoms. The minimum atomic E-state index is -5.70. The second-order valence-electron chi connectivity index (χ2n) is 6.41. The Labute approximate surface area is 158 Å². The van der Waals surface area contributed by atoms with E-state index in [0.29, 0.717) is 5.56 Å². The zero-order valence-electron chi connectivity index (χ0n) is 14.6. The molecule has 2 aromatic rings. The Morgan fingerprint density at radius 3 is 1.75 bits per heavy atom. The van der Waals surface area contributed by atoms with Crippen LogP contribution in [0, 0.1) is 0 Å². The van der Waals surface area contributed by atoms with Gasteiger partial charge in [-0.3, -0.25) is 5.32 Å². The molecule has 0 saturated heterocycles. The van der Waals surface area contributed by atoms with Gasteiger partial charge >= 0.3 is 12.4 Å². The maximum atomic E-state index is 13.7. The lowest BCUT2D eigenvalue weighted by Crippen LogP contribution is -2.65. The highest BCUT2D eigenvalue weighted by Gasteiger charge is 2.71. The normalized spacial score (nSPS) is 15.3. The molecule has 0 radical (unpaired) electrons. The van der Waals surface area contributed by atoms with E-state index in [9.17, 15) is 31.4 Å². The van der Waals surface area contributed by atoms with Gasteiger partial charge in [-0.15, -0.1) is 0 Å². The van der Waals surface area contributed by atoms with Crippen molar-refractivity contribution < 1.29 is 31.4 Å². The van der Waals surface area contributed by atoms with Crippen LogP contribution in [-0.2, 0) is 12.0 Å². The van der Waals surface area contributed by atoms with E-state index in [1.165, 1.54) is 11.4 Å². The first-order valence-electron chi connectivity index (χ1n) is 8.40. The summed E-state index contributed by atoms with van der Waals surface area (Å²) in [4.78, 5) is 0. The van der Waals surface area contributed by atoms with Crippen LogP contribution >= 0.6 is 0 Å². The van der Waals surface area contributed by atoms with Gasteiger partial charge in [0.15, 0.2) is 0 Å². The van der Waals surface area contributed by atoms with Crippen LogP contribution in [-0.4, -0.2) is 36.1 Å². The molecule has 0 fully saturated rings. The molecular formula is C19H20F6N2O. The van der Waals surface area contributed by atoms with E-state index in [1.54, 1.807) is 30.3 Å². The van der Waals surface area contributed by atoms with Gasteiger partial charge in [0, 0.05) is 12.6 Å². The van der Waals surface area contributed by atoms with Crippen molar-refractivity contribution in [2.45, 2.75) is 36.5 Å². The Kier molecular flexibility index (Phi) is 6.74. The van der Waals surface area contributed by atoms with Crippen LogP contribution in [0.2, 0.25) is 0 Å². The average molecular weight is 406 g/mol. The van der Waals surface area contributed by atoms with Crippen LogP contribution < -0.4 is 11.1 Å². The van der Waals surface area contributed by atoms with E-state index >= 15 is 0 Å². The first-order valence-corrected chi connectivity index (χ1v) is 8.40. The third kappa shape index (κ3) is 4.65. The molecule has 28 heavy (non-hydrogen) atoms. The number of benzene rings is 2. The third-order valence-electron chi connectivity index (χ3n) is 4.44. The minimum absolute atomic E-state index is 0.0973. The topological polar surface area (TPSA) is 58.3 Å². The van der Waals surface area contributed by atoms with Gasteiger partial charge in [-0.05, 0) is 17.5 Å². The fourth-order valence-corrected chi connectivity index (χ4v) is 2.91. The summed E-state index contributed by atoms with van der Waals surface area (Å²) in [5.74, 6) is 0. The first kappa shape index (κ1) is 22.2. The number of rotatable bonds is 7. The summed E-state index contributed by atoms with van der Waals surface area (Å²) < 4.78 is 82.0. The molecule has 0 aliphatic rings. The maximum Gasteiger partial charge on any atom is 0.419 e. The Morgan fingerprint density at radius 2 is 1.29 bits per heavy atom. The molecule has 4 N–H and O–H groups in total. The zero-order valence-corrected chi connectivity index (χ0v) is 14.6. The first-order chi connectivity index (χ1) is 13.0. The molecule has 0 amide bonds. The Balaban J connectivity index is 2.26. The number of halogens is 6. The van der Waals surface area contributed by atoms with Crippen LogP contribution in [0.3, 0.4) is 0 Å². The molecule has 3 nitrogen and oxygen atoms in total. The fourth-order valence-electron chi connectivity index (χ4n) is 2.91. The highest BCUT2D eigenvalue weighted by Crippen LogP contribution is 2.50. The van der Waals surface area contributed by atoms with Crippen LogP contribution in [0.1, 0.15) is 11.1 Å². The molecule has 154 valence electrons.